The molecule has 0 amide bonds. The topological polar surface area (TPSA) is 154 Å². The molecule has 1 aromatic carbocycles. The van der Waals surface area contributed by atoms with E-state index in [1.165, 1.54) is 4.57 Å². The van der Waals surface area contributed by atoms with Gasteiger partial charge in [0, 0.05) is 5.75 Å². The Morgan fingerprint density at radius 1 is 1.42 bits per heavy atom. The molecule has 4 N–H and O–H groups in total. The van der Waals surface area contributed by atoms with Gasteiger partial charge in [-0.25, -0.2) is 18.8 Å². The minimum atomic E-state index is -3.19. The van der Waals surface area contributed by atoms with Crippen molar-refractivity contribution in [3.8, 4) is 6.07 Å². The van der Waals surface area contributed by atoms with Gasteiger partial charge in [-0.2, -0.15) is 10.2 Å². The van der Waals surface area contributed by atoms with E-state index in [0.29, 0.717) is 12.0 Å². The monoisotopic (exact) mass is 371 g/mol. The molecule has 9 nitrogen and oxygen atoms in total. The fourth-order valence-electron chi connectivity index (χ4n) is 2.63. The van der Waals surface area contributed by atoms with E-state index in [2.05, 4.69) is 15.0 Å². The van der Waals surface area contributed by atoms with Crippen molar-refractivity contribution < 1.29 is 4.21 Å². The van der Waals surface area contributed by atoms with Crippen LogP contribution in [0.5, 0.6) is 0 Å². The summed E-state index contributed by atoms with van der Waals surface area (Å²) >= 11 is 0. The molecule has 26 heavy (non-hydrogen) atoms. The van der Waals surface area contributed by atoms with Gasteiger partial charge in [-0.15, -0.1) is 0 Å². The molecule has 0 saturated carbocycles. The summed E-state index contributed by atoms with van der Waals surface area (Å²) < 4.78 is 21.8. The van der Waals surface area contributed by atoms with Crippen LogP contribution in [0.1, 0.15) is 24.5 Å². The molecular formula is C16H17N7O2S. The SMILES string of the molecule is CCCS(=N)(=O)c1nc(N)c2[nH]c(=O)n(Cc3cccc(C#N)c3)c2n1. The molecule has 1 atom stereocenters. The van der Waals surface area contributed by atoms with Crippen LogP contribution >= 0.6 is 0 Å². The Balaban J connectivity index is 2.17. The minimum Gasteiger partial charge on any atom is -0.382 e. The van der Waals surface area contributed by atoms with Gasteiger partial charge < -0.3 is 10.7 Å². The number of hydrogen-bond acceptors (Lipinski definition) is 7. The van der Waals surface area contributed by atoms with Gasteiger partial charge in [-0.1, -0.05) is 19.1 Å². The first kappa shape index (κ1) is 17.6. The molecule has 3 aromatic rings. The number of anilines is 1. The smallest absolute Gasteiger partial charge is 0.328 e. The predicted octanol–water partition coefficient (Wildman–Crippen LogP) is 1.44. The number of hydrogen-bond donors (Lipinski definition) is 3. The maximum Gasteiger partial charge on any atom is 0.328 e. The quantitative estimate of drug-likeness (QED) is 0.576. The number of fused-ring (bicyclic) bond motifs is 1. The molecule has 134 valence electrons. The summed E-state index contributed by atoms with van der Waals surface area (Å²) in [5.74, 6) is 0.0827. The van der Waals surface area contributed by atoms with Crippen molar-refractivity contribution in [2.45, 2.75) is 25.0 Å². The zero-order chi connectivity index (χ0) is 18.9. The second-order valence-electron chi connectivity index (χ2n) is 5.80. The van der Waals surface area contributed by atoms with Gasteiger partial charge in [0.15, 0.2) is 11.5 Å². The lowest BCUT2D eigenvalue weighted by molar-refractivity contribution is 0.665. The van der Waals surface area contributed by atoms with E-state index in [9.17, 15) is 9.00 Å². The van der Waals surface area contributed by atoms with Gasteiger partial charge in [0.25, 0.3) is 0 Å². The van der Waals surface area contributed by atoms with E-state index < -0.39 is 15.4 Å². The molecule has 0 fully saturated rings. The number of aromatic amines is 1. The highest BCUT2D eigenvalue weighted by molar-refractivity contribution is 7.92. The zero-order valence-corrected chi connectivity index (χ0v) is 14.8. The number of imidazole rings is 1. The molecule has 1 unspecified atom stereocenters. The highest BCUT2D eigenvalue weighted by atomic mass is 32.2. The van der Waals surface area contributed by atoms with Crippen LogP contribution in [0.2, 0.25) is 0 Å². The van der Waals surface area contributed by atoms with Crippen LogP contribution in [0.15, 0.2) is 34.2 Å². The van der Waals surface area contributed by atoms with E-state index in [-0.39, 0.29) is 34.4 Å². The number of nitrogens with zero attached hydrogens (tertiary/aromatic N) is 4. The lowest BCUT2D eigenvalue weighted by Gasteiger charge is -2.08. The highest BCUT2D eigenvalue weighted by Gasteiger charge is 2.19. The number of nitrogen functional groups attached to an aromatic ring is 1. The first-order valence-electron chi connectivity index (χ1n) is 7.87. The van der Waals surface area contributed by atoms with Crippen molar-refractivity contribution in [3.63, 3.8) is 0 Å². The summed E-state index contributed by atoms with van der Waals surface area (Å²) in [7, 11) is -3.19. The average molecular weight is 371 g/mol. The molecule has 0 aliphatic rings. The van der Waals surface area contributed by atoms with Gasteiger partial charge in [0.2, 0.25) is 5.16 Å². The van der Waals surface area contributed by atoms with E-state index in [0.717, 1.165) is 5.56 Å². The third-order valence-electron chi connectivity index (χ3n) is 3.81. The van der Waals surface area contributed by atoms with Crippen LogP contribution in [0.25, 0.3) is 11.2 Å². The summed E-state index contributed by atoms with van der Waals surface area (Å²) in [6.45, 7) is 1.96. The van der Waals surface area contributed by atoms with Crippen LogP contribution in [0.4, 0.5) is 5.82 Å². The zero-order valence-electron chi connectivity index (χ0n) is 14.0. The first-order chi connectivity index (χ1) is 12.4. The molecule has 0 spiro atoms. The van der Waals surface area contributed by atoms with Crippen molar-refractivity contribution in [1.82, 2.24) is 19.5 Å². The molecule has 0 aliphatic heterocycles. The van der Waals surface area contributed by atoms with Crippen LogP contribution in [0.3, 0.4) is 0 Å². The molecule has 0 radical (unpaired) electrons. The Labute approximate surface area is 149 Å². The molecule has 0 bridgehead atoms. The summed E-state index contributed by atoms with van der Waals surface area (Å²) in [5, 5.41) is 8.83. The number of nitrogens with two attached hydrogens (primary N) is 1. The van der Waals surface area contributed by atoms with E-state index in [1.807, 2.05) is 13.0 Å². The van der Waals surface area contributed by atoms with Crippen LogP contribution in [-0.2, 0) is 16.3 Å². The largest absolute Gasteiger partial charge is 0.382 e. The molecule has 0 aliphatic carbocycles. The lowest BCUT2D eigenvalue weighted by atomic mass is 10.1. The Bertz CT molecular complexity index is 1190. The third kappa shape index (κ3) is 3.16. The normalized spacial score (nSPS) is 13.4. The number of rotatable bonds is 5. The summed E-state index contributed by atoms with van der Waals surface area (Å²) in [4.78, 5) is 23.1. The van der Waals surface area contributed by atoms with Gasteiger partial charge in [0.1, 0.15) is 15.2 Å². The number of nitriles is 1. The molecular weight excluding hydrogens is 354 g/mol. The van der Waals surface area contributed by atoms with E-state index in [1.54, 1.807) is 24.3 Å². The molecule has 2 heterocycles. The standard InChI is InChI=1S/C16H17N7O2S/c1-2-6-26(19,25)15-21-13(18)12-14(22-15)23(16(24)20-12)9-11-5-3-4-10(7-11)8-17/h3-5,7,19H,2,6,9H2,1H3,(H,20,24)(H2,18,21,22). The molecule has 0 saturated heterocycles. The Morgan fingerprint density at radius 2 is 2.19 bits per heavy atom. The van der Waals surface area contributed by atoms with Crippen LogP contribution in [0, 0.1) is 16.1 Å². The summed E-state index contributed by atoms with van der Waals surface area (Å²) in [5.41, 5.74) is 7.06. The maximum absolute atomic E-state index is 12.5. The minimum absolute atomic E-state index is 0.0253. The van der Waals surface area contributed by atoms with Crippen LogP contribution in [-0.4, -0.2) is 29.5 Å². The number of H-pyrrole nitrogens is 1. The van der Waals surface area contributed by atoms with E-state index in [4.69, 9.17) is 15.8 Å². The Hall–Kier alpha value is -3.19. The number of aromatic nitrogens is 4. The highest BCUT2D eigenvalue weighted by Crippen LogP contribution is 2.19. The molecule has 2 aromatic heterocycles. The van der Waals surface area contributed by atoms with Crippen molar-refractivity contribution >= 4 is 26.7 Å². The van der Waals surface area contributed by atoms with Gasteiger partial charge >= 0.3 is 5.69 Å². The third-order valence-corrected chi connectivity index (χ3v) is 5.57. The molecule has 3 rings (SSSR count). The van der Waals surface area contributed by atoms with Crippen molar-refractivity contribution in [2.24, 2.45) is 0 Å². The van der Waals surface area contributed by atoms with Crippen molar-refractivity contribution in [2.75, 3.05) is 11.5 Å². The van der Waals surface area contributed by atoms with Crippen LogP contribution < -0.4 is 11.4 Å². The van der Waals surface area contributed by atoms with E-state index >= 15 is 0 Å². The second kappa shape index (κ2) is 6.61. The van der Waals surface area contributed by atoms with Crippen molar-refractivity contribution in [1.29, 1.82) is 10.0 Å². The average Bonchev–Trinajstić information content (AvgIpc) is 2.92. The second-order valence-corrected chi connectivity index (χ2v) is 7.92. The predicted molar refractivity (Wildman–Crippen MR) is 97.1 cm³/mol. The number of benzene rings is 1. The van der Waals surface area contributed by atoms with Crippen molar-refractivity contribution in [3.05, 3.63) is 45.9 Å². The first-order valence-corrected chi connectivity index (χ1v) is 9.60. The summed E-state index contributed by atoms with van der Waals surface area (Å²) in [6.07, 6.45) is 0.532. The fraction of sp³-hybridized carbons (Fsp3) is 0.250. The van der Waals surface area contributed by atoms with Gasteiger partial charge in [0.05, 0.1) is 18.2 Å². The lowest BCUT2D eigenvalue weighted by Crippen LogP contribution is -2.18. The molecule has 10 heteroatoms. The summed E-state index contributed by atoms with van der Waals surface area (Å²) in [6, 6.07) is 8.88. The van der Waals surface area contributed by atoms with Gasteiger partial charge in [-0.3, -0.25) is 4.57 Å². The van der Waals surface area contributed by atoms with Gasteiger partial charge in [-0.05, 0) is 24.1 Å². The Kier molecular flexibility index (Phi) is 4.48. The number of nitrogens with one attached hydrogen (secondary N) is 2. The maximum atomic E-state index is 12.5. The Morgan fingerprint density at radius 3 is 2.88 bits per heavy atom. The fourth-order valence-corrected chi connectivity index (χ4v) is 3.86.